The minimum Gasteiger partial charge on any atom is -0.613 e. The molecule has 0 amide bonds. The largest absolute Gasteiger partial charge is 2.00 e. The van der Waals surface area contributed by atoms with Crippen molar-refractivity contribution in [2.24, 2.45) is 0 Å². The van der Waals surface area contributed by atoms with Crippen LogP contribution in [0.15, 0.2) is 24.3 Å². The third-order valence-electron chi connectivity index (χ3n) is 2.03. The van der Waals surface area contributed by atoms with E-state index in [-0.39, 0.29) is 37.3 Å². The summed E-state index contributed by atoms with van der Waals surface area (Å²) in [6.07, 6.45) is 0. The first kappa shape index (κ1) is 23.3. The van der Waals surface area contributed by atoms with Crippen LogP contribution in [-0.4, -0.2) is 33.8 Å². The Labute approximate surface area is 128 Å². The van der Waals surface area contributed by atoms with Gasteiger partial charge in [-0.05, 0) is 12.1 Å². The van der Waals surface area contributed by atoms with E-state index in [4.69, 9.17) is 3.79 Å². The fraction of sp³-hybridized carbons (Fsp3) is 0.308. The van der Waals surface area contributed by atoms with E-state index in [1.54, 1.807) is 0 Å². The minimum atomic E-state index is -1.29. The standard InChI is InChI=1S/C9H11O2P.4CH3.Al.Ni/c1-12(2)8-6-4-3-5-7(8)9(10)11;;;;;;/h3-6H,1-2H3,(H,10,11);4*1H3;;/q;;;2*-1;+1;+2. The van der Waals surface area contributed by atoms with Crippen LogP contribution in [0.2, 0.25) is 11.6 Å². The molecule has 2 nitrogen and oxygen atoms in total. The molecule has 0 N–H and O–H groups in total. The van der Waals surface area contributed by atoms with Gasteiger partial charge in [0.1, 0.15) is 5.30 Å². The molecule has 0 spiro atoms. The molecule has 0 heterocycles. The Bertz CT molecular complexity index is 357. The number of hydrogen-bond donors (Lipinski definition) is 0. The molecule has 0 saturated carbocycles. The Morgan fingerprint density at radius 2 is 1.67 bits per heavy atom. The van der Waals surface area contributed by atoms with Crippen LogP contribution in [0.25, 0.3) is 0 Å². The second-order valence-corrected chi connectivity index (χ2v) is 8.87. The summed E-state index contributed by atoms with van der Waals surface area (Å²) in [6, 6.07) is 7.78. The van der Waals surface area contributed by atoms with Crippen molar-refractivity contribution in [3.63, 3.8) is 0 Å². The first-order chi connectivity index (χ1) is 7.02. The Hall–Kier alpha value is 0.146. The summed E-state index contributed by atoms with van der Waals surface area (Å²) in [5.41, 5.74) is 0.762. The molecule has 0 radical (unpaired) electrons. The van der Waals surface area contributed by atoms with Gasteiger partial charge in [0.2, 0.25) is 0 Å². The van der Waals surface area contributed by atoms with Crippen LogP contribution >= 0.6 is 7.92 Å². The normalized spacial score (nSPS) is 8.50. The van der Waals surface area contributed by atoms with Crippen LogP contribution in [0.5, 0.6) is 0 Å². The van der Waals surface area contributed by atoms with E-state index in [1.165, 1.54) is 5.30 Å². The predicted octanol–water partition coefficient (Wildman–Crippen LogP) is 3.09. The summed E-state index contributed by atoms with van der Waals surface area (Å²) in [5.74, 6) is 3.87. The summed E-state index contributed by atoms with van der Waals surface area (Å²) in [6.45, 7) is 4.37. The van der Waals surface area contributed by atoms with Crippen LogP contribution in [-0.2, 0) is 20.3 Å². The minimum absolute atomic E-state index is 0. The van der Waals surface area contributed by atoms with Gasteiger partial charge in [0, 0.05) is 7.92 Å². The van der Waals surface area contributed by atoms with Crippen molar-refractivity contribution in [3.05, 3.63) is 44.7 Å². The van der Waals surface area contributed by atoms with Gasteiger partial charge in [-0.3, -0.25) is 0 Å². The van der Waals surface area contributed by atoms with E-state index < -0.39 is 22.4 Å². The molecule has 18 heavy (non-hydrogen) atoms. The molecule has 0 aliphatic rings. The maximum absolute atomic E-state index is 11.8. The molecule has 104 valence electrons. The molecule has 0 aromatic heterocycles. The molecular weight excluding hydrogens is 305 g/mol. The fourth-order valence-corrected chi connectivity index (χ4v) is 3.08. The second kappa shape index (κ2) is 11.0. The SMILES string of the molecule is [CH3-].[CH3-].[CH3][Al]([CH3])[O]C(=O)c1ccccc1[PH+](C)C.[Ni+2]. The van der Waals surface area contributed by atoms with Crippen molar-refractivity contribution < 1.29 is 25.1 Å². The Balaban J connectivity index is -0.000000750. The smallest absolute Gasteiger partial charge is 0.613 e. The third kappa shape index (κ3) is 6.91. The molecule has 0 bridgehead atoms. The van der Waals surface area contributed by atoms with E-state index in [0.29, 0.717) is 0 Å². The van der Waals surface area contributed by atoms with E-state index in [9.17, 15) is 4.79 Å². The van der Waals surface area contributed by atoms with Gasteiger partial charge in [0.05, 0.1) is 18.9 Å². The van der Waals surface area contributed by atoms with Crippen LogP contribution in [0.4, 0.5) is 0 Å². The summed E-state index contributed by atoms with van der Waals surface area (Å²) < 4.78 is 5.34. The van der Waals surface area contributed by atoms with Gasteiger partial charge in [-0.2, -0.15) is 0 Å². The molecule has 1 aromatic rings. The Kier molecular flexibility index (Phi) is 14.2. The third-order valence-corrected chi connectivity index (χ3v) is 4.23. The van der Waals surface area contributed by atoms with Crippen LogP contribution in [0.3, 0.4) is 0 Å². The first-order valence-corrected chi connectivity index (χ1v) is 10.4. The molecule has 0 fully saturated rings. The number of benzene rings is 1. The number of carbonyl (C=O) groups excluding carboxylic acids is 1. The van der Waals surface area contributed by atoms with Gasteiger partial charge in [-0.1, -0.05) is 23.7 Å². The zero-order valence-electron chi connectivity index (χ0n) is 12.0. The number of hydrogen-bond acceptors (Lipinski definition) is 2. The van der Waals surface area contributed by atoms with Crippen molar-refractivity contribution in [3.8, 4) is 0 Å². The Morgan fingerprint density at radius 1 is 1.17 bits per heavy atom. The summed E-state index contributed by atoms with van der Waals surface area (Å²) in [4.78, 5) is 11.8. The number of rotatable bonds is 3. The van der Waals surface area contributed by atoms with Crippen molar-refractivity contribution in [1.29, 1.82) is 0 Å². The molecule has 0 aliphatic heterocycles. The summed E-state index contributed by atoms with van der Waals surface area (Å²) in [5, 5.41) is 1.17. The van der Waals surface area contributed by atoms with Gasteiger partial charge in [-0.15, -0.1) is 0 Å². The molecule has 1 aromatic carbocycles. The van der Waals surface area contributed by atoms with Gasteiger partial charge in [0.25, 0.3) is 0 Å². The van der Waals surface area contributed by atoms with Crippen molar-refractivity contribution in [1.82, 2.24) is 0 Å². The summed E-state index contributed by atoms with van der Waals surface area (Å²) >= 11 is -1.29. The van der Waals surface area contributed by atoms with Gasteiger partial charge >= 0.3 is 36.9 Å². The van der Waals surface area contributed by atoms with E-state index in [2.05, 4.69) is 13.3 Å². The average molecular weight is 328 g/mol. The van der Waals surface area contributed by atoms with E-state index >= 15 is 0 Å². The molecule has 0 atom stereocenters. The maximum Gasteiger partial charge on any atom is 2.00 e. The Morgan fingerprint density at radius 3 is 2.11 bits per heavy atom. The molecule has 0 saturated heterocycles. The number of carbonyl (C=O) groups is 1. The quantitative estimate of drug-likeness (QED) is 0.484. The van der Waals surface area contributed by atoms with Crippen molar-refractivity contribution in [2.45, 2.75) is 11.6 Å². The molecule has 0 unspecified atom stereocenters. The second-order valence-electron chi connectivity index (χ2n) is 4.00. The van der Waals surface area contributed by atoms with Gasteiger partial charge < -0.3 is 18.6 Å². The molecular formula is C13H23AlNiO2P+. The topological polar surface area (TPSA) is 26.3 Å². The van der Waals surface area contributed by atoms with Crippen molar-refractivity contribution in [2.75, 3.05) is 13.3 Å². The van der Waals surface area contributed by atoms with Crippen molar-refractivity contribution >= 4 is 33.7 Å². The zero-order chi connectivity index (χ0) is 11.4. The van der Waals surface area contributed by atoms with Gasteiger partial charge in [-0.25, -0.2) is 4.79 Å². The predicted molar refractivity (Wildman–Crippen MR) is 82.0 cm³/mol. The first-order valence-electron chi connectivity index (χ1n) is 5.13. The summed E-state index contributed by atoms with van der Waals surface area (Å²) in [7, 11) is -0.607. The average Bonchev–Trinajstić information content (AvgIpc) is 2.16. The fourth-order valence-electron chi connectivity index (χ4n) is 1.37. The van der Waals surface area contributed by atoms with Crippen LogP contribution in [0, 0.1) is 14.9 Å². The molecule has 5 heteroatoms. The van der Waals surface area contributed by atoms with E-state index in [0.717, 1.165) is 5.56 Å². The molecule has 0 aliphatic carbocycles. The van der Waals surface area contributed by atoms with E-state index in [1.807, 2.05) is 35.8 Å². The maximum atomic E-state index is 11.8. The monoisotopic (exact) mass is 327 g/mol. The zero-order valence-corrected chi connectivity index (χ0v) is 15.2. The molecule has 1 rings (SSSR count). The van der Waals surface area contributed by atoms with Crippen LogP contribution in [0.1, 0.15) is 10.4 Å². The van der Waals surface area contributed by atoms with Gasteiger partial charge in [0.15, 0.2) is 0 Å². The van der Waals surface area contributed by atoms with Crippen LogP contribution < -0.4 is 5.30 Å².